The molecule has 0 fully saturated rings. The van der Waals surface area contributed by atoms with Crippen LogP contribution in [0.3, 0.4) is 0 Å². The fourth-order valence-corrected chi connectivity index (χ4v) is 1.36. The topological polar surface area (TPSA) is 30.0 Å². The van der Waals surface area contributed by atoms with Crippen molar-refractivity contribution in [2.75, 3.05) is 5.88 Å². The monoisotopic (exact) mass is 175 g/mol. The molecule has 0 atom stereocenters. The Balaban J connectivity index is 2.93. The summed E-state index contributed by atoms with van der Waals surface area (Å²) in [6.07, 6.45) is 1.56. The van der Waals surface area contributed by atoms with Crippen molar-refractivity contribution in [3.63, 3.8) is 0 Å². The van der Waals surface area contributed by atoms with Crippen molar-refractivity contribution < 1.29 is 4.79 Å². The second-order valence-electron chi connectivity index (χ2n) is 1.85. The molecule has 0 saturated carbocycles. The number of hydrogen-bond donors (Lipinski definition) is 0. The van der Waals surface area contributed by atoms with Gasteiger partial charge in [-0.3, -0.25) is 4.79 Å². The Morgan fingerprint density at radius 1 is 1.90 bits per heavy atom. The maximum Gasteiger partial charge on any atom is 0.180 e. The number of carbonyl (C=O) groups is 1. The van der Waals surface area contributed by atoms with E-state index in [0.29, 0.717) is 5.56 Å². The maximum atomic E-state index is 10.9. The third-order valence-corrected chi connectivity index (χ3v) is 2.12. The van der Waals surface area contributed by atoms with Gasteiger partial charge in [0.15, 0.2) is 5.78 Å². The molecule has 2 nitrogen and oxygen atoms in total. The molecule has 1 aromatic heterocycles. The number of aromatic nitrogens is 1. The van der Waals surface area contributed by atoms with Crippen LogP contribution < -0.4 is 0 Å². The SMILES string of the molecule is Cc1sncc1C(=O)CCl. The van der Waals surface area contributed by atoms with Gasteiger partial charge in [-0.25, -0.2) is 4.37 Å². The van der Waals surface area contributed by atoms with Gasteiger partial charge in [0.25, 0.3) is 0 Å². The third-order valence-electron chi connectivity index (χ3n) is 1.17. The number of halogens is 1. The first kappa shape index (κ1) is 7.69. The highest BCUT2D eigenvalue weighted by atomic mass is 35.5. The molecule has 0 saturated heterocycles. The summed E-state index contributed by atoms with van der Waals surface area (Å²) in [7, 11) is 0. The van der Waals surface area contributed by atoms with Crippen LogP contribution in [-0.4, -0.2) is 16.0 Å². The van der Waals surface area contributed by atoms with Crippen LogP contribution in [0.5, 0.6) is 0 Å². The largest absolute Gasteiger partial charge is 0.293 e. The molecule has 0 aromatic carbocycles. The van der Waals surface area contributed by atoms with Crippen molar-refractivity contribution in [1.82, 2.24) is 4.37 Å². The van der Waals surface area contributed by atoms with Crippen molar-refractivity contribution in [2.45, 2.75) is 6.92 Å². The molecule has 0 aliphatic carbocycles. The van der Waals surface area contributed by atoms with Crippen LogP contribution in [0.4, 0.5) is 0 Å². The quantitative estimate of drug-likeness (QED) is 0.508. The molecule has 0 unspecified atom stereocenters. The van der Waals surface area contributed by atoms with Crippen LogP contribution in [0, 0.1) is 6.92 Å². The van der Waals surface area contributed by atoms with E-state index in [1.807, 2.05) is 6.92 Å². The minimum atomic E-state index is -0.0482. The molecule has 1 heterocycles. The van der Waals surface area contributed by atoms with Gasteiger partial charge in [0.2, 0.25) is 0 Å². The van der Waals surface area contributed by atoms with Crippen molar-refractivity contribution in [1.29, 1.82) is 0 Å². The minimum absolute atomic E-state index is 0.0409. The molecular weight excluding hydrogens is 170 g/mol. The van der Waals surface area contributed by atoms with E-state index in [2.05, 4.69) is 4.37 Å². The number of alkyl halides is 1. The van der Waals surface area contributed by atoms with Gasteiger partial charge in [0.05, 0.1) is 17.6 Å². The summed E-state index contributed by atoms with van der Waals surface area (Å²) in [4.78, 5) is 11.9. The fraction of sp³-hybridized carbons (Fsp3) is 0.333. The van der Waals surface area contributed by atoms with Crippen LogP contribution in [0.2, 0.25) is 0 Å². The summed E-state index contributed by atoms with van der Waals surface area (Å²) in [6.45, 7) is 1.86. The Labute approximate surface area is 68.0 Å². The van der Waals surface area contributed by atoms with E-state index in [0.717, 1.165) is 4.88 Å². The van der Waals surface area contributed by atoms with Gasteiger partial charge >= 0.3 is 0 Å². The average Bonchev–Trinajstić information content (AvgIpc) is 2.34. The minimum Gasteiger partial charge on any atom is -0.293 e. The van der Waals surface area contributed by atoms with E-state index in [-0.39, 0.29) is 11.7 Å². The van der Waals surface area contributed by atoms with Crippen LogP contribution in [-0.2, 0) is 0 Å². The van der Waals surface area contributed by atoms with Gasteiger partial charge in [0, 0.05) is 4.88 Å². The molecule has 0 aliphatic rings. The summed E-state index contributed by atoms with van der Waals surface area (Å²) in [6, 6.07) is 0. The van der Waals surface area contributed by atoms with E-state index in [9.17, 15) is 4.79 Å². The lowest BCUT2D eigenvalue weighted by molar-refractivity contribution is 0.102. The first-order valence-corrected chi connectivity index (χ1v) is 4.07. The van der Waals surface area contributed by atoms with E-state index in [1.165, 1.54) is 11.5 Å². The Morgan fingerprint density at radius 2 is 2.60 bits per heavy atom. The second kappa shape index (κ2) is 3.12. The van der Waals surface area contributed by atoms with Crippen molar-refractivity contribution >= 4 is 28.9 Å². The van der Waals surface area contributed by atoms with Crippen LogP contribution >= 0.6 is 23.1 Å². The first-order valence-electron chi connectivity index (χ1n) is 2.76. The van der Waals surface area contributed by atoms with Crippen LogP contribution in [0.1, 0.15) is 15.2 Å². The van der Waals surface area contributed by atoms with Gasteiger partial charge in [-0.2, -0.15) is 0 Å². The molecule has 4 heteroatoms. The van der Waals surface area contributed by atoms with Gasteiger partial charge in [0.1, 0.15) is 0 Å². The number of nitrogens with zero attached hydrogens (tertiary/aromatic N) is 1. The van der Waals surface area contributed by atoms with Gasteiger partial charge < -0.3 is 0 Å². The standard InChI is InChI=1S/C6H6ClNOS/c1-4-5(3-8-10-4)6(9)2-7/h3H,2H2,1H3. The molecule has 1 aromatic rings. The zero-order valence-corrected chi connectivity index (χ0v) is 7.00. The Kier molecular flexibility index (Phi) is 2.40. The lowest BCUT2D eigenvalue weighted by Crippen LogP contribution is -1.99. The van der Waals surface area contributed by atoms with Gasteiger partial charge in [-0.15, -0.1) is 11.6 Å². The van der Waals surface area contributed by atoms with Gasteiger partial charge in [-0.1, -0.05) is 0 Å². The molecule has 10 heavy (non-hydrogen) atoms. The highest BCUT2D eigenvalue weighted by Gasteiger charge is 2.08. The fourth-order valence-electron chi connectivity index (χ4n) is 0.639. The number of ketones is 1. The molecular formula is C6H6ClNOS. The zero-order valence-electron chi connectivity index (χ0n) is 5.43. The van der Waals surface area contributed by atoms with E-state index < -0.39 is 0 Å². The smallest absolute Gasteiger partial charge is 0.180 e. The first-order chi connectivity index (χ1) is 4.75. The van der Waals surface area contributed by atoms with E-state index >= 15 is 0 Å². The molecule has 0 aliphatic heterocycles. The molecule has 0 spiro atoms. The Morgan fingerprint density at radius 3 is 3.00 bits per heavy atom. The highest BCUT2D eigenvalue weighted by Crippen LogP contribution is 2.12. The summed E-state index contributed by atoms with van der Waals surface area (Å²) in [5.74, 6) is -0.00730. The van der Waals surface area contributed by atoms with Gasteiger partial charge in [-0.05, 0) is 18.5 Å². The lowest BCUT2D eigenvalue weighted by Gasteiger charge is -1.89. The number of hydrogen-bond acceptors (Lipinski definition) is 3. The highest BCUT2D eigenvalue weighted by molar-refractivity contribution is 7.06. The van der Waals surface area contributed by atoms with Crippen molar-refractivity contribution in [3.8, 4) is 0 Å². The summed E-state index contributed by atoms with van der Waals surface area (Å²) in [5.41, 5.74) is 0.653. The Hall–Kier alpha value is -0.410. The molecule has 0 bridgehead atoms. The molecule has 1 rings (SSSR count). The summed E-state index contributed by atoms with van der Waals surface area (Å²) >= 11 is 6.66. The molecule has 0 amide bonds. The van der Waals surface area contributed by atoms with E-state index in [4.69, 9.17) is 11.6 Å². The summed E-state index contributed by atoms with van der Waals surface area (Å²) < 4.78 is 3.85. The van der Waals surface area contributed by atoms with Crippen molar-refractivity contribution in [2.24, 2.45) is 0 Å². The van der Waals surface area contributed by atoms with Crippen molar-refractivity contribution in [3.05, 3.63) is 16.6 Å². The average molecular weight is 176 g/mol. The predicted octanol–water partition coefficient (Wildman–Crippen LogP) is 1.87. The normalized spacial score (nSPS) is 9.80. The number of aryl methyl sites for hydroxylation is 1. The van der Waals surface area contributed by atoms with Crippen LogP contribution in [0.15, 0.2) is 6.20 Å². The Bertz CT molecular complexity index is 246. The number of rotatable bonds is 2. The maximum absolute atomic E-state index is 10.9. The number of carbonyl (C=O) groups excluding carboxylic acids is 1. The lowest BCUT2D eigenvalue weighted by atomic mass is 10.2. The number of Topliss-reactive ketones (excluding diaryl/α,β-unsaturated/α-hetero) is 1. The van der Waals surface area contributed by atoms with E-state index in [1.54, 1.807) is 6.20 Å². The zero-order chi connectivity index (χ0) is 7.56. The predicted molar refractivity (Wildman–Crippen MR) is 41.9 cm³/mol. The third kappa shape index (κ3) is 1.36. The van der Waals surface area contributed by atoms with Crippen LogP contribution in [0.25, 0.3) is 0 Å². The molecule has 0 N–H and O–H groups in total. The summed E-state index contributed by atoms with van der Waals surface area (Å²) in [5, 5.41) is 0. The molecule has 54 valence electrons. The molecule has 0 radical (unpaired) electrons. The second-order valence-corrected chi connectivity index (χ2v) is 3.13.